The molecule has 0 unspecified atom stereocenters. The van der Waals surface area contributed by atoms with E-state index in [9.17, 15) is 50.1 Å². The molecular weight excluding hydrogens is 740 g/mol. The van der Waals surface area contributed by atoms with Crippen molar-refractivity contribution < 1.29 is 69.1 Å². The molecule has 5 fully saturated rings. The molecule has 57 heavy (non-hydrogen) atoms. The van der Waals surface area contributed by atoms with Crippen molar-refractivity contribution in [2.24, 2.45) is 50.2 Å². The lowest BCUT2D eigenvalue weighted by Gasteiger charge is -2.72. The average Bonchev–Trinajstić information content (AvgIpc) is 3.13. The second-order valence-electron chi connectivity index (χ2n) is 20.0. The molecule has 322 valence electrons. The van der Waals surface area contributed by atoms with Crippen LogP contribution < -0.4 is 0 Å². The molecular formula is C43H66O14. The molecule has 6 aliphatic rings. The van der Waals surface area contributed by atoms with E-state index in [1.54, 1.807) is 19.9 Å². The summed E-state index contributed by atoms with van der Waals surface area (Å²) in [7, 11) is 0. The van der Waals surface area contributed by atoms with Gasteiger partial charge >= 0.3 is 17.9 Å². The number of aliphatic hydroxyl groups excluding tert-OH is 6. The summed E-state index contributed by atoms with van der Waals surface area (Å²) in [6.07, 6.45) is -4.98. The number of ether oxygens (including phenoxy) is 4. The number of fused-ring (bicyclic) bond motifs is 7. The highest BCUT2D eigenvalue weighted by Gasteiger charge is 2.73. The summed E-state index contributed by atoms with van der Waals surface area (Å²) in [5, 5.41) is 77.3. The van der Waals surface area contributed by atoms with Gasteiger partial charge in [-0.25, -0.2) is 9.59 Å². The van der Waals surface area contributed by atoms with Crippen molar-refractivity contribution in [1.82, 2.24) is 0 Å². The van der Waals surface area contributed by atoms with Crippen LogP contribution in [0.2, 0.25) is 0 Å². The number of carbonyl (C=O) groups excluding carboxylic acids is 2. The maximum Gasteiger partial charge on any atom is 0.335 e. The van der Waals surface area contributed by atoms with Crippen molar-refractivity contribution >= 4 is 17.9 Å². The van der Waals surface area contributed by atoms with E-state index in [0.29, 0.717) is 37.7 Å². The Morgan fingerprint density at radius 1 is 0.912 bits per heavy atom. The van der Waals surface area contributed by atoms with Crippen LogP contribution in [0.1, 0.15) is 107 Å². The van der Waals surface area contributed by atoms with Gasteiger partial charge in [0.05, 0.1) is 24.2 Å². The summed E-state index contributed by atoms with van der Waals surface area (Å²) < 4.78 is 23.5. The quantitative estimate of drug-likeness (QED) is 0.0810. The largest absolute Gasteiger partial charge is 0.479 e. The van der Waals surface area contributed by atoms with E-state index < -0.39 is 101 Å². The summed E-state index contributed by atoms with van der Waals surface area (Å²) >= 11 is 0. The minimum atomic E-state index is -1.85. The molecule has 14 heteroatoms. The van der Waals surface area contributed by atoms with Gasteiger partial charge in [0.25, 0.3) is 0 Å². The Kier molecular flexibility index (Phi) is 11.6. The number of carboxylic acids is 1. The third-order valence-corrected chi connectivity index (χ3v) is 16.8. The number of carboxylic acid groups (broad SMARTS) is 1. The Morgan fingerprint density at radius 3 is 2.18 bits per heavy atom. The summed E-state index contributed by atoms with van der Waals surface area (Å²) in [5.74, 6) is -3.00. The maximum atomic E-state index is 13.1. The van der Waals surface area contributed by atoms with E-state index in [2.05, 4.69) is 26.8 Å². The number of allylic oxidation sites excluding steroid dienone is 3. The fourth-order valence-electron chi connectivity index (χ4n) is 13.2. The molecule has 0 aromatic carbocycles. The summed E-state index contributed by atoms with van der Waals surface area (Å²) in [5.41, 5.74) is -2.67. The van der Waals surface area contributed by atoms with Crippen molar-refractivity contribution in [2.75, 3.05) is 13.2 Å². The average molecular weight is 807 g/mol. The summed E-state index contributed by atoms with van der Waals surface area (Å²) in [6, 6.07) is 0. The number of esters is 2. The molecule has 0 amide bonds. The molecule has 0 radical (unpaired) electrons. The van der Waals surface area contributed by atoms with E-state index in [0.717, 1.165) is 12.0 Å². The van der Waals surface area contributed by atoms with E-state index in [4.69, 9.17) is 18.9 Å². The van der Waals surface area contributed by atoms with Crippen molar-refractivity contribution in [1.29, 1.82) is 0 Å². The summed E-state index contributed by atoms with van der Waals surface area (Å²) in [4.78, 5) is 37.3. The Bertz CT molecular complexity index is 1660. The van der Waals surface area contributed by atoms with E-state index in [-0.39, 0.29) is 42.3 Å². The van der Waals surface area contributed by atoms with Crippen molar-refractivity contribution in [2.45, 2.75) is 162 Å². The van der Waals surface area contributed by atoms with Crippen LogP contribution in [0.3, 0.4) is 0 Å². The van der Waals surface area contributed by atoms with Crippen LogP contribution in [-0.2, 0) is 33.3 Å². The van der Waals surface area contributed by atoms with Gasteiger partial charge in [-0.1, -0.05) is 59.3 Å². The van der Waals surface area contributed by atoms with Crippen LogP contribution in [0.4, 0.5) is 0 Å². The Labute approximate surface area is 335 Å². The second-order valence-corrected chi connectivity index (χ2v) is 20.0. The van der Waals surface area contributed by atoms with E-state index in [1.165, 1.54) is 6.92 Å². The van der Waals surface area contributed by atoms with Gasteiger partial charge in [0.1, 0.15) is 37.1 Å². The third kappa shape index (κ3) is 6.45. The lowest BCUT2D eigenvalue weighted by Crippen LogP contribution is -2.72. The van der Waals surface area contributed by atoms with Crippen molar-refractivity contribution in [3.05, 3.63) is 23.3 Å². The van der Waals surface area contributed by atoms with Gasteiger partial charge in [-0.2, -0.15) is 0 Å². The van der Waals surface area contributed by atoms with Gasteiger partial charge < -0.3 is 54.7 Å². The minimum absolute atomic E-state index is 0.0834. The summed E-state index contributed by atoms with van der Waals surface area (Å²) in [6.45, 7) is 16.8. The Morgan fingerprint density at radius 2 is 1.58 bits per heavy atom. The SMILES string of the molecule is C/C=C(/C)C(=O)O[C@H]1[C@H](O)[C@]2(COC(C)=O)[C@@H](O)C[C@]3(C)C(=CC[C@@H]4[C@@]5(C)CC[C@H](O[C@@H]6O[C@H](C(=O)O)[C@@H](O)[C@H](O)[C@H]6O)[C@@](C)(CO)[C@@H]5CC[C@]43C)[C@@H]2CC1(C)C. The van der Waals surface area contributed by atoms with Gasteiger partial charge in [-0.05, 0) is 92.8 Å². The molecule has 1 heterocycles. The maximum absolute atomic E-state index is 13.1. The Balaban J connectivity index is 1.35. The van der Waals surface area contributed by atoms with E-state index in [1.807, 2.05) is 20.8 Å². The molecule has 0 bridgehead atoms. The number of hydrogen-bond donors (Lipinski definition) is 7. The fourth-order valence-corrected chi connectivity index (χ4v) is 13.2. The number of carbonyl (C=O) groups is 3. The predicted octanol–water partition coefficient (Wildman–Crippen LogP) is 3.03. The fraction of sp³-hybridized carbons (Fsp3) is 0.837. The van der Waals surface area contributed by atoms with Crippen LogP contribution in [0.15, 0.2) is 23.3 Å². The first-order valence-electron chi connectivity index (χ1n) is 20.6. The molecule has 14 nitrogen and oxygen atoms in total. The lowest BCUT2D eigenvalue weighted by molar-refractivity contribution is -0.328. The molecule has 1 aliphatic heterocycles. The number of rotatable bonds is 8. The van der Waals surface area contributed by atoms with E-state index >= 15 is 0 Å². The monoisotopic (exact) mass is 806 g/mol. The number of aliphatic carboxylic acids is 1. The molecule has 7 N–H and O–H groups in total. The standard InChI is InChI=1S/C43H66O14/c1-10-21(2)36(53)57-34-33(50)43(20-54-22(3)45)24(17-38(34,4)5)23-11-12-26-39(6)15-14-28(55-37-31(49)29(47)30(48)32(56-37)35(51)52)40(7,19-44)25(39)13-16-41(26,8)42(23,9)18-27(43)46/h10-11,24-34,37,44,46-50H,12-20H2,1-9H3,(H,51,52)/b21-10-/t24-,25+,26+,27-,28-,29-,30-,31+,32-,33-,34-,37+,39-,40-,41+,42+,43-/m0/s1. The molecule has 5 aliphatic carbocycles. The highest BCUT2D eigenvalue weighted by atomic mass is 16.7. The van der Waals surface area contributed by atoms with Crippen molar-refractivity contribution in [3.63, 3.8) is 0 Å². The topological polar surface area (TPSA) is 230 Å². The molecule has 4 saturated carbocycles. The van der Waals surface area contributed by atoms with Crippen LogP contribution >= 0.6 is 0 Å². The Hall–Kier alpha value is -2.43. The smallest absolute Gasteiger partial charge is 0.335 e. The highest BCUT2D eigenvalue weighted by Crippen LogP contribution is 2.76. The van der Waals surface area contributed by atoms with Gasteiger partial charge in [0, 0.05) is 23.3 Å². The molecule has 6 rings (SSSR count). The van der Waals surface area contributed by atoms with Crippen LogP contribution in [-0.4, -0.2) is 122 Å². The van der Waals surface area contributed by atoms with Gasteiger partial charge in [-0.3, -0.25) is 4.79 Å². The zero-order valence-electron chi connectivity index (χ0n) is 34.9. The second kappa shape index (κ2) is 14.9. The van der Waals surface area contributed by atoms with Gasteiger partial charge in [0.2, 0.25) is 0 Å². The molecule has 0 spiro atoms. The van der Waals surface area contributed by atoms with Gasteiger partial charge in [-0.15, -0.1) is 0 Å². The molecule has 1 saturated heterocycles. The van der Waals surface area contributed by atoms with Crippen LogP contribution in [0, 0.1) is 50.2 Å². The molecule has 17 atom stereocenters. The lowest BCUT2D eigenvalue weighted by atomic mass is 9.33. The van der Waals surface area contributed by atoms with Gasteiger partial charge in [0.15, 0.2) is 12.4 Å². The normalized spacial score (nSPS) is 49.2. The third-order valence-electron chi connectivity index (χ3n) is 16.8. The van der Waals surface area contributed by atoms with Crippen LogP contribution in [0.5, 0.6) is 0 Å². The minimum Gasteiger partial charge on any atom is -0.479 e. The van der Waals surface area contributed by atoms with Crippen molar-refractivity contribution in [3.8, 4) is 0 Å². The first kappa shape index (κ1) is 44.1. The highest BCUT2D eigenvalue weighted by molar-refractivity contribution is 5.87. The zero-order chi connectivity index (χ0) is 42.4. The first-order valence-corrected chi connectivity index (χ1v) is 20.6. The number of hydrogen-bond acceptors (Lipinski definition) is 13. The predicted molar refractivity (Wildman–Crippen MR) is 204 cm³/mol. The number of aliphatic hydroxyl groups is 6. The van der Waals surface area contributed by atoms with Crippen LogP contribution in [0.25, 0.3) is 0 Å². The first-order chi connectivity index (χ1) is 26.4. The molecule has 0 aromatic rings. The zero-order valence-corrected chi connectivity index (χ0v) is 34.9. The molecule has 0 aromatic heterocycles.